The van der Waals surface area contributed by atoms with Crippen molar-refractivity contribution in [1.82, 2.24) is 10.2 Å². The Labute approximate surface area is 118 Å². The van der Waals surface area contributed by atoms with Crippen molar-refractivity contribution in [2.45, 2.75) is 38.9 Å². The molecule has 1 aromatic heterocycles. The fraction of sp³-hybridized carbons (Fsp3) is 0.429. The summed E-state index contributed by atoms with van der Waals surface area (Å²) in [7, 11) is -0.350. The molecule has 0 aliphatic carbocycles. The van der Waals surface area contributed by atoms with Crippen LogP contribution in [0.1, 0.15) is 27.7 Å². The van der Waals surface area contributed by atoms with Crippen LogP contribution in [-0.4, -0.2) is 28.5 Å². The zero-order valence-electron chi connectivity index (χ0n) is 12.1. The Morgan fingerprint density at radius 3 is 2.05 bits per heavy atom. The Hall–Kier alpha value is -1.66. The molecular formula is C14H17BN2O3. The van der Waals surface area contributed by atoms with E-state index in [2.05, 4.69) is 10.2 Å². The zero-order chi connectivity index (χ0) is 14.4. The van der Waals surface area contributed by atoms with Gasteiger partial charge in [0, 0.05) is 5.56 Å². The van der Waals surface area contributed by atoms with Crippen LogP contribution in [0.2, 0.25) is 0 Å². The summed E-state index contributed by atoms with van der Waals surface area (Å²) in [6.45, 7) is 8.17. The van der Waals surface area contributed by atoms with Crippen molar-refractivity contribution in [2.75, 3.05) is 0 Å². The van der Waals surface area contributed by atoms with Gasteiger partial charge in [-0.15, -0.1) is 10.2 Å². The molecular weight excluding hydrogens is 255 g/mol. The fourth-order valence-corrected chi connectivity index (χ4v) is 2.06. The molecule has 20 heavy (non-hydrogen) atoms. The zero-order valence-corrected chi connectivity index (χ0v) is 12.1. The van der Waals surface area contributed by atoms with Gasteiger partial charge < -0.3 is 13.7 Å². The van der Waals surface area contributed by atoms with Crippen molar-refractivity contribution in [3.05, 3.63) is 30.7 Å². The van der Waals surface area contributed by atoms with Crippen molar-refractivity contribution in [3.63, 3.8) is 0 Å². The average Bonchev–Trinajstić information content (AvgIpc) is 2.97. The Balaban J connectivity index is 1.83. The summed E-state index contributed by atoms with van der Waals surface area (Å²) in [5, 5.41) is 7.55. The number of rotatable bonds is 2. The lowest BCUT2D eigenvalue weighted by Gasteiger charge is -2.32. The molecule has 1 fully saturated rings. The standard InChI is InChI=1S/C14H17BN2O3/c1-13(2)14(3,4)20-15(19-13)11-7-5-10(6-8-11)12-17-16-9-18-12/h5-9H,1-4H3. The summed E-state index contributed by atoms with van der Waals surface area (Å²) >= 11 is 0. The first-order valence-corrected chi connectivity index (χ1v) is 6.61. The molecule has 0 spiro atoms. The molecule has 3 rings (SSSR count). The molecule has 0 amide bonds. The summed E-state index contributed by atoms with van der Waals surface area (Å²) in [4.78, 5) is 0. The first-order valence-electron chi connectivity index (χ1n) is 6.61. The van der Waals surface area contributed by atoms with Crippen molar-refractivity contribution in [3.8, 4) is 11.5 Å². The normalized spacial score (nSPS) is 20.3. The molecule has 1 saturated heterocycles. The molecule has 1 aromatic carbocycles. The van der Waals surface area contributed by atoms with Gasteiger partial charge in [-0.05, 0) is 45.3 Å². The second-order valence-electron chi connectivity index (χ2n) is 5.95. The van der Waals surface area contributed by atoms with Gasteiger partial charge in [0.1, 0.15) is 0 Å². The number of hydrogen-bond donors (Lipinski definition) is 0. The lowest BCUT2D eigenvalue weighted by Crippen LogP contribution is -2.41. The number of nitrogens with zero attached hydrogens (tertiary/aromatic N) is 2. The summed E-state index contributed by atoms with van der Waals surface area (Å²) in [6.07, 6.45) is 1.32. The molecule has 0 radical (unpaired) electrons. The van der Waals surface area contributed by atoms with Crippen LogP contribution in [0.3, 0.4) is 0 Å². The van der Waals surface area contributed by atoms with Crippen LogP contribution in [0.15, 0.2) is 35.1 Å². The van der Waals surface area contributed by atoms with Crippen LogP contribution in [-0.2, 0) is 9.31 Å². The predicted molar refractivity (Wildman–Crippen MR) is 75.5 cm³/mol. The van der Waals surface area contributed by atoms with Gasteiger partial charge in [-0.25, -0.2) is 0 Å². The molecule has 2 aromatic rings. The topological polar surface area (TPSA) is 57.4 Å². The molecule has 6 heteroatoms. The maximum absolute atomic E-state index is 6.01. The SMILES string of the molecule is CC1(C)OB(c2ccc(-c3nnco3)cc2)OC1(C)C. The smallest absolute Gasteiger partial charge is 0.423 e. The van der Waals surface area contributed by atoms with E-state index in [1.165, 1.54) is 6.39 Å². The molecule has 0 saturated carbocycles. The van der Waals surface area contributed by atoms with Gasteiger partial charge in [0.15, 0.2) is 0 Å². The second-order valence-corrected chi connectivity index (χ2v) is 5.95. The molecule has 0 bridgehead atoms. The molecule has 0 unspecified atom stereocenters. The largest absolute Gasteiger partial charge is 0.494 e. The molecule has 1 aliphatic rings. The highest BCUT2D eigenvalue weighted by molar-refractivity contribution is 6.62. The monoisotopic (exact) mass is 272 g/mol. The highest BCUT2D eigenvalue weighted by Gasteiger charge is 2.51. The van der Waals surface area contributed by atoms with Crippen molar-refractivity contribution >= 4 is 12.6 Å². The van der Waals surface area contributed by atoms with E-state index in [-0.39, 0.29) is 18.3 Å². The van der Waals surface area contributed by atoms with Gasteiger partial charge in [-0.2, -0.15) is 0 Å². The Morgan fingerprint density at radius 2 is 1.55 bits per heavy atom. The van der Waals surface area contributed by atoms with E-state index in [4.69, 9.17) is 13.7 Å². The van der Waals surface area contributed by atoms with Crippen molar-refractivity contribution in [1.29, 1.82) is 0 Å². The van der Waals surface area contributed by atoms with Crippen LogP contribution in [0, 0.1) is 0 Å². The average molecular weight is 272 g/mol. The Bertz CT molecular complexity index is 577. The van der Waals surface area contributed by atoms with E-state index in [9.17, 15) is 0 Å². The first-order chi connectivity index (χ1) is 9.39. The van der Waals surface area contributed by atoms with Gasteiger partial charge >= 0.3 is 7.12 Å². The molecule has 2 heterocycles. The van der Waals surface area contributed by atoms with Gasteiger partial charge in [0.2, 0.25) is 12.3 Å². The number of aromatic nitrogens is 2. The minimum Gasteiger partial charge on any atom is -0.423 e. The second kappa shape index (κ2) is 4.43. The van der Waals surface area contributed by atoms with E-state index >= 15 is 0 Å². The number of benzene rings is 1. The van der Waals surface area contributed by atoms with Crippen LogP contribution in [0.25, 0.3) is 11.5 Å². The van der Waals surface area contributed by atoms with Crippen LogP contribution in [0.5, 0.6) is 0 Å². The van der Waals surface area contributed by atoms with Crippen molar-refractivity contribution in [2.24, 2.45) is 0 Å². The fourth-order valence-electron chi connectivity index (χ4n) is 2.06. The van der Waals surface area contributed by atoms with E-state index in [0.717, 1.165) is 11.0 Å². The third-order valence-electron chi connectivity index (χ3n) is 4.04. The third kappa shape index (κ3) is 2.15. The highest BCUT2D eigenvalue weighted by Crippen LogP contribution is 2.36. The van der Waals surface area contributed by atoms with E-state index in [0.29, 0.717) is 5.89 Å². The van der Waals surface area contributed by atoms with Crippen LogP contribution in [0.4, 0.5) is 0 Å². The highest BCUT2D eigenvalue weighted by atomic mass is 16.7. The van der Waals surface area contributed by atoms with Crippen LogP contribution < -0.4 is 5.46 Å². The first kappa shape index (κ1) is 13.3. The maximum atomic E-state index is 6.01. The van der Waals surface area contributed by atoms with E-state index < -0.39 is 0 Å². The summed E-state index contributed by atoms with van der Waals surface area (Å²) < 4.78 is 17.2. The molecule has 0 N–H and O–H groups in total. The maximum Gasteiger partial charge on any atom is 0.494 e. The quantitative estimate of drug-likeness (QED) is 0.783. The number of hydrogen-bond acceptors (Lipinski definition) is 5. The summed E-state index contributed by atoms with van der Waals surface area (Å²) in [5.74, 6) is 0.505. The lowest BCUT2D eigenvalue weighted by atomic mass is 9.79. The molecule has 5 nitrogen and oxygen atoms in total. The predicted octanol–water partition coefficient (Wildman–Crippen LogP) is 2.04. The van der Waals surface area contributed by atoms with Crippen LogP contribution >= 0.6 is 0 Å². The molecule has 0 atom stereocenters. The van der Waals surface area contributed by atoms with Crippen molar-refractivity contribution < 1.29 is 13.7 Å². The Kier molecular flexibility index (Phi) is 2.95. The Morgan fingerprint density at radius 1 is 0.950 bits per heavy atom. The van der Waals surface area contributed by atoms with Gasteiger partial charge in [0.05, 0.1) is 11.2 Å². The third-order valence-corrected chi connectivity index (χ3v) is 4.04. The molecule has 104 valence electrons. The van der Waals surface area contributed by atoms with Gasteiger partial charge in [-0.3, -0.25) is 0 Å². The minimum absolute atomic E-state index is 0.331. The lowest BCUT2D eigenvalue weighted by molar-refractivity contribution is 0.00578. The minimum atomic E-state index is -0.350. The van der Waals surface area contributed by atoms with E-state index in [1.807, 2.05) is 52.0 Å². The summed E-state index contributed by atoms with van der Waals surface area (Å²) in [5.41, 5.74) is 1.20. The van der Waals surface area contributed by atoms with Gasteiger partial charge in [0.25, 0.3) is 0 Å². The van der Waals surface area contributed by atoms with Gasteiger partial charge in [-0.1, -0.05) is 12.1 Å². The molecule has 1 aliphatic heterocycles. The van der Waals surface area contributed by atoms with E-state index in [1.54, 1.807) is 0 Å². The summed E-state index contributed by atoms with van der Waals surface area (Å²) in [6, 6.07) is 7.77.